The number of rotatable bonds is 7. The summed E-state index contributed by atoms with van der Waals surface area (Å²) in [5.41, 5.74) is 0.947. The number of para-hydroxylation sites is 3. The van der Waals surface area contributed by atoms with Gasteiger partial charge in [-0.05, 0) is 36.4 Å². The molecule has 0 unspecified atom stereocenters. The number of nitrogens with one attached hydrogen (secondary N) is 1. The SMILES string of the molecule is COc1ccccc1OCC(=O)NCc1ccc(-c2nc3ccccc3s2)o1. The molecular formula is C21H18N2O4S. The Hall–Kier alpha value is -3.32. The third kappa shape index (κ3) is 3.99. The minimum Gasteiger partial charge on any atom is -0.493 e. The zero-order valence-electron chi connectivity index (χ0n) is 15.2. The molecule has 4 aromatic rings. The van der Waals surface area contributed by atoms with Crippen molar-refractivity contribution >= 4 is 27.5 Å². The number of hydrogen-bond acceptors (Lipinski definition) is 6. The molecule has 0 atom stereocenters. The van der Waals surface area contributed by atoms with Gasteiger partial charge in [-0.3, -0.25) is 4.79 Å². The van der Waals surface area contributed by atoms with Crippen LogP contribution in [0.25, 0.3) is 21.0 Å². The highest BCUT2D eigenvalue weighted by Gasteiger charge is 2.12. The van der Waals surface area contributed by atoms with E-state index < -0.39 is 0 Å². The quantitative estimate of drug-likeness (QED) is 0.507. The molecule has 142 valence electrons. The first-order chi connectivity index (χ1) is 13.7. The van der Waals surface area contributed by atoms with Crippen molar-refractivity contribution < 1.29 is 18.7 Å². The monoisotopic (exact) mass is 394 g/mol. The molecule has 6 nitrogen and oxygen atoms in total. The number of amides is 1. The van der Waals surface area contributed by atoms with Gasteiger partial charge in [-0.15, -0.1) is 11.3 Å². The maximum atomic E-state index is 12.1. The second-order valence-corrected chi connectivity index (χ2v) is 7.00. The Labute approximate surface area is 165 Å². The number of furan rings is 1. The van der Waals surface area contributed by atoms with Crippen molar-refractivity contribution in [1.29, 1.82) is 0 Å². The van der Waals surface area contributed by atoms with Gasteiger partial charge >= 0.3 is 0 Å². The van der Waals surface area contributed by atoms with Gasteiger partial charge in [-0.25, -0.2) is 4.98 Å². The van der Waals surface area contributed by atoms with Crippen molar-refractivity contribution in [2.75, 3.05) is 13.7 Å². The lowest BCUT2D eigenvalue weighted by molar-refractivity contribution is -0.123. The number of hydrogen-bond donors (Lipinski definition) is 1. The molecule has 1 N–H and O–H groups in total. The summed E-state index contributed by atoms with van der Waals surface area (Å²) < 4.78 is 17.6. The Bertz CT molecular complexity index is 1070. The van der Waals surface area contributed by atoms with E-state index >= 15 is 0 Å². The Morgan fingerprint density at radius 3 is 2.68 bits per heavy atom. The summed E-state index contributed by atoms with van der Waals surface area (Å²) in [5, 5.41) is 3.60. The van der Waals surface area contributed by atoms with Crippen molar-refractivity contribution in [2.24, 2.45) is 0 Å². The summed E-state index contributed by atoms with van der Waals surface area (Å²) in [6, 6.07) is 18.8. The van der Waals surface area contributed by atoms with E-state index in [9.17, 15) is 4.79 Å². The highest BCUT2D eigenvalue weighted by atomic mass is 32.1. The van der Waals surface area contributed by atoms with Gasteiger partial charge in [0, 0.05) is 0 Å². The molecule has 28 heavy (non-hydrogen) atoms. The molecule has 0 aliphatic carbocycles. The minimum absolute atomic E-state index is 0.105. The maximum Gasteiger partial charge on any atom is 0.258 e. The molecule has 2 heterocycles. The number of nitrogens with zero attached hydrogens (tertiary/aromatic N) is 1. The Morgan fingerprint density at radius 1 is 1.07 bits per heavy atom. The van der Waals surface area contributed by atoms with E-state index in [2.05, 4.69) is 10.3 Å². The number of ether oxygens (including phenoxy) is 2. The number of thiazole rings is 1. The second kappa shape index (κ2) is 8.14. The van der Waals surface area contributed by atoms with E-state index in [1.54, 1.807) is 30.6 Å². The first-order valence-electron chi connectivity index (χ1n) is 8.70. The fourth-order valence-corrected chi connectivity index (χ4v) is 3.61. The topological polar surface area (TPSA) is 73.6 Å². The van der Waals surface area contributed by atoms with E-state index in [1.807, 2.05) is 48.5 Å². The lowest BCUT2D eigenvalue weighted by Crippen LogP contribution is -2.28. The first kappa shape index (κ1) is 18.1. The molecule has 0 aliphatic heterocycles. The molecule has 0 saturated carbocycles. The molecule has 0 aliphatic rings. The zero-order valence-corrected chi connectivity index (χ0v) is 16.0. The normalized spacial score (nSPS) is 10.8. The van der Waals surface area contributed by atoms with Crippen LogP contribution in [0.3, 0.4) is 0 Å². The first-order valence-corrected chi connectivity index (χ1v) is 9.52. The van der Waals surface area contributed by atoms with Crippen LogP contribution >= 0.6 is 11.3 Å². The molecule has 4 rings (SSSR count). The van der Waals surface area contributed by atoms with Gasteiger partial charge in [0.25, 0.3) is 5.91 Å². The third-order valence-corrected chi connectivity index (χ3v) is 5.10. The van der Waals surface area contributed by atoms with E-state index in [4.69, 9.17) is 13.9 Å². The van der Waals surface area contributed by atoms with Crippen molar-refractivity contribution in [3.05, 3.63) is 66.4 Å². The molecule has 0 bridgehead atoms. The lowest BCUT2D eigenvalue weighted by Gasteiger charge is -2.10. The average molecular weight is 394 g/mol. The smallest absolute Gasteiger partial charge is 0.258 e. The van der Waals surface area contributed by atoms with Crippen LogP contribution in [0.4, 0.5) is 0 Å². The molecule has 0 fully saturated rings. The van der Waals surface area contributed by atoms with E-state index in [0.29, 0.717) is 23.0 Å². The maximum absolute atomic E-state index is 12.1. The highest BCUT2D eigenvalue weighted by Crippen LogP contribution is 2.31. The number of methoxy groups -OCH3 is 1. The number of carbonyl (C=O) groups excluding carboxylic acids is 1. The molecule has 0 radical (unpaired) electrons. The average Bonchev–Trinajstić information content (AvgIpc) is 3.37. The van der Waals surface area contributed by atoms with E-state index in [1.165, 1.54) is 0 Å². The second-order valence-electron chi connectivity index (χ2n) is 5.97. The predicted octanol–water partition coefficient (Wildman–Crippen LogP) is 4.26. The van der Waals surface area contributed by atoms with Crippen LogP contribution in [0.15, 0.2) is 65.1 Å². The Balaban J connectivity index is 1.33. The molecule has 1 amide bonds. The molecular weight excluding hydrogens is 376 g/mol. The molecule has 0 spiro atoms. The zero-order chi connectivity index (χ0) is 19.3. The van der Waals surface area contributed by atoms with E-state index in [-0.39, 0.29) is 19.1 Å². The summed E-state index contributed by atoms with van der Waals surface area (Å²) >= 11 is 1.57. The van der Waals surface area contributed by atoms with E-state index in [0.717, 1.165) is 15.2 Å². The molecule has 0 saturated heterocycles. The third-order valence-electron chi connectivity index (χ3n) is 4.05. The number of aromatic nitrogens is 1. The summed E-state index contributed by atoms with van der Waals surface area (Å²) in [6.45, 7) is 0.171. The summed E-state index contributed by atoms with van der Waals surface area (Å²) in [4.78, 5) is 16.6. The largest absolute Gasteiger partial charge is 0.493 e. The summed E-state index contributed by atoms with van der Waals surface area (Å²) in [7, 11) is 1.56. The Morgan fingerprint density at radius 2 is 1.86 bits per heavy atom. The van der Waals surface area contributed by atoms with Crippen molar-refractivity contribution in [1.82, 2.24) is 10.3 Å². The fourth-order valence-electron chi connectivity index (χ4n) is 2.68. The summed E-state index contributed by atoms with van der Waals surface area (Å²) in [5.74, 6) is 2.21. The number of carbonyl (C=O) groups is 1. The van der Waals surface area contributed by atoms with Gasteiger partial charge in [0.1, 0.15) is 5.76 Å². The molecule has 2 aromatic carbocycles. The van der Waals surface area contributed by atoms with Gasteiger partial charge in [0.05, 0.1) is 23.9 Å². The van der Waals surface area contributed by atoms with Crippen LogP contribution in [0.2, 0.25) is 0 Å². The van der Waals surface area contributed by atoms with Crippen LogP contribution in [-0.2, 0) is 11.3 Å². The number of fused-ring (bicyclic) bond motifs is 1. The van der Waals surface area contributed by atoms with Crippen molar-refractivity contribution in [2.45, 2.75) is 6.54 Å². The lowest BCUT2D eigenvalue weighted by atomic mass is 10.3. The van der Waals surface area contributed by atoms with Gasteiger partial charge < -0.3 is 19.2 Å². The van der Waals surface area contributed by atoms with Crippen molar-refractivity contribution in [3.63, 3.8) is 0 Å². The minimum atomic E-state index is -0.246. The van der Waals surface area contributed by atoms with Crippen LogP contribution in [0, 0.1) is 0 Å². The number of benzene rings is 2. The fraction of sp³-hybridized carbons (Fsp3) is 0.143. The molecule has 7 heteroatoms. The van der Waals surface area contributed by atoms with Crippen molar-refractivity contribution in [3.8, 4) is 22.3 Å². The van der Waals surface area contributed by atoms with Gasteiger partial charge in [-0.1, -0.05) is 24.3 Å². The van der Waals surface area contributed by atoms with Gasteiger partial charge in [0.2, 0.25) is 0 Å². The van der Waals surface area contributed by atoms with Gasteiger partial charge in [0.15, 0.2) is 28.9 Å². The highest BCUT2D eigenvalue weighted by molar-refractivity contribution is 7.21. The van der Waals surface area contributed by atoms with Crippen LogP contribution in [0.1, 0.15) is 5.76 Å². The van der Waals surface area contributed by atoms with Crippen LogP contribution in [0.5, 0.6) is 11.5 Å². The van der Waals surface area contributed by atoms with Crippen LogP contribution in [-0.4, -0.2) is 24.6 Å². The Kier molecular flexibility index (Phi) is 5.25. The van der Waals surface area contributed by atoms with Gasteiger partial charge in [-0.2, -0.15) is 0 Å². The predicted molar refractivity (Wildman–Crippen MR) is 108 cm³/mol. The summed E-state index contributed by atoms with van der Waals surface area (Å²) in [6.07, 6.45) is 0. The standard InChI is InChI=1S/C21H18N2O4S/c1-25-16-7-3-4-8-17(16)26-13-20(24)22-12-14-10-11-18(27-14)21-23-15-6-2-5-9-19(15)28-21/h2-11H,12-13H2,1H3,(H,22,24). The molecule has 2 aromatic heterocycles. The van der Waals surface area contributed by atoms with Crippen LogP contribution < -0.4 is 14.8 Å².